The second-order valence-corrected chi connectivity index (χ2v) is 5.44. The fourth-order valence-corrected chi connectivity index (χ4v) is 2.74. The van der Waals surface area contributed by atoms with Crippen LogP contribution in [0.25, 0.3) is 0 Å². The van der Waals surface area contributed by atoms with Gasteiger partial charge in [0.05, 0.1) is 12.6 Å². The zero-order valence-corrected chi connectivity index (χ0v) is 10.9. The fourth-order valence-electron chi connectivity index (χ4n) is 2.74. The molecule has 0 bridgehead atoms. The van der Waals surface area contributed by atoms with Gasteiger partial charge in [-0.05, 0) is 42.7 Å². The zero-order chi connectivity index (χ0) is 13.2. The lowest BCUT2D eigenvalue weighted by atomic mass is 10.1. The first-order valence-corrected chi connectivity index (χ1v) is 6.99. The van der Waals surface area contributed by atoms with Gasteiger partial charge in [-0.25, -0.2) is 4.68 Å². The summed E-state index contributed by atoms with van der Waals surface area (Å²) < 4.78 is 1.86. The Labute approximate surface area is 111 Å². The highest BCUT2D eigenvalue weighted by Gasteiger charge is 2.31. The molecule has 1 saturated heterocycles. The number of aromatic nitrogens is 4. The predicted octanol–water partition coefficient (Wildman–Crippen LogP) is 0.837. The standard InChI is InChI=1S/C12H19N5O2/c18-12(19)10-4-2-1-3-7-16(10)8-11-13-14-15-17(11)9-5-6-9/h9-10H,1-8H2,(H,18,19). The van der Waals surface area contributed by atoms with E-state index in [-0.39, 0.29) is 0 Å². The van der Waals surface area contributed by atoms with E-state index in [0.717, 1.165) is 50.9 Å². The number of carboxylic acids is 1. The Kier molecular flexibility index (Phi) is 3.46. The van der Waals surface area contributed by atoms with Gasteiger partial charge in [0, 0.05) is 0 Å². The number of hydrogen-bond donors (Lipinski definition) is 1. The van der Waals surface area contributed by atoms with Crippen molar-refractivity contribution in [2.24, 2.45) is 0 Å². The topological polar surface area (TPSA) is 84.1 Å². The van der Waals surface area contributed by atoms with E-state index in [1.807, 2.05) is 9.58 Å². The molecule has 1 atom stereocenters. The van der Waals surface area contributed by atoms with Gasteiger partial charge in [-0.1, -0.05) is 12.8 Å². The Hall–Kier alpha value is -1.50. The lowest BCUT2D eigenvalue weighted by molar-refractivity contribution is -0.143. The molecular formula is C12H19N5O2. The average molecular weight is 265 g/mol. The minimum Gasteiger partial charge on any atom is -0.480 e. The molecule has 1 aliphatic carbocycles. The van der Waals surface area contributed by atoms with E-state index >= 15 is 0 Å². The number of carbonyl (C=O) groups is 1. The smallest absolute Gasteiger partial charge is 0.320 e. The molecule has 2 heterocycles. The quantitative estimate of drug-likeness (QED) is 0.868. The summed E-state index contributed by atoms with van der Waals surface area (Å²) in [5, 5.41) is 21.2. The predicted molar refractivity (Wildman–Crippen MR) is 66.4 cm³/mol. The van der Waals surface area contributed by atoms with Crippen LogP contribution in [0.3, 0.4) is 0 Å². The average Bonchev–Trinajstić information content (AvgIpc) is 3.15. The Morgan fingerprint density at radius 2 is 2.11 bits per heavy atom. The van der Waals surface area contributed by atoms with Crippen molar-refractivity contribution >= 4 is 5.97 Å². The van der Waals surface area contributed by atoms with Crippen LogP contribution in [0.1, 0.15) is 50.4 Å². The minimum absolute atomic E-state index is 0.396. The van der Waals surface area contributed by atoms with Crippen LogP contribution in [0.2, 0.25) is 0 Å². The molecule has 2 fully saturated rings. The fraction of sp³-hybridized carbons (Fsp3) is 0.833. The highest BCUT2D eigenvalue weighted by molar-refractivity contribution is 5.73. The van der Waals surface area contributed by atoms with Gasteiger partial charge in [-0.15, -0.1) is 5.10 Å². The lowest BCUT2D eigenvalue weighted by Crippen LogP contribution is -2.40. The molecule has 0 amide bonds. The molecule has 1 unspecified atom stereocenters. The van der Waals surface area contributed by atoms with Crippen molar-refractivity contribution < 1.29 is 9.90 Å². The van der Waals surface area contributed by atoms with Gasteiger partial charge in [0.25, 0.3) is 0 Å². The number of nitrogens with zero attached hydrogens (tertiary/aromatic N) is 5. The number of likely N-dealkylation sites (tertiary alicyclic amines) is 1. The molecule has 0 spiro atoms. The summed E-state index contributed by atoms with van der Waals surface area (Å²) >= 11 is 0. The van der Waals surface area contributed by atoms with E-state index in [0.29, 0.717) is 12.6 Å². The van der Waals surface area contributed by atoms with E-state index in [1.165, 1.54) is 0 Å². The van der Waals surface area contributed by atoms with E-state index in [4.69, 9.17) is 0 Å². The third kappa shape index (κ3) is 2.75. The summed E-state index contributed by atoms with van der Waals surface area (Å²) in [6, 6.07) is 0.0344. The number of rotatable bonds is 4. The first-order chi connectivity index (χ1) is 9.25. The monoisotopic (exact) mass is 265 g/mol. The number of hydrogen-bond acceptors (Lipinski definition) is 5. The summed E-state index contributed by atoms with van der Waals surface area (Å²) in [6.45, 7) is 1.36. The Morgan fingerprint density at radius 3 is 2.84 bits per heavy atom. The van der Waals surface area contributed by atoms with Crippen LogP contribution in [0, 0.1) is 0 Å². The summed E-state index contributed by atoms with van der Waals surface area (Å²) in [5.74, 6) is 0.0722. The van der Waals surface area contributed by atoms with Crippen molar-refractivity contribution in [3.63, 3.8) is 0 Å². The molecular weight excluding hydrogens is 246 g/mol. The first kappa shape index (κ1) is 12.5. The van der Waals surface area contributed by atoms with Gasteiger partial charge in [0.1, 0.15) is 6.04 Å². The molecule has 0 aromatic carbocycles. The van der Waals surface area contributed by atoms with Crippen LogP contribution in [0.5, 0.6) is 0 Å². The molecule has 104 valence electrons. The van der Waals surface area contributed by atoms with Crippen molar-refractivity contribution in [2.75, 3.05) is 6.54 Å². The van der Waals surface area contributed by atoms with Crippen molar-refractivity contribution in [1.82, 2.24) is 25.1 Å². The minimum atomic E-state index is -0.729. The van der Waals surface area contributed by atoms with Crippen molar-refractivity contribution in [3.05, 3.63) is 5.82 Å². The lowest BCUT2D eigenvalue weighted by Gasteiger charge is -2.25. The van der Waals surface area contributed by atoms with Gasteiger partial charge in [0.2, 0.25) is 0 Å². The molecule has 1 aliphatic heterocycles. The maximum absolute atomic E-state index is 11.4. The molecule has 3 rings (SSSR count). The molecule has 2 aliphatic rings. The van der Waals surface area contributed by atoms with E-state index < -0.39 is 12.0 Å². The van der Waals surface area contributed by atoms with Gasteiger partial charge in [-0.3, -0.25) is 9.69 Å². The first-order valence-electron chi connectivity index (χ1n) is 6.99. The zero-order valence-electron chi connectivity index (χ0n) is 10.9. The Morgan fingerprint density at radius 1 is 1.26 bits per heavy atom. The van der Waals surface area contributed by atoms with E-state index in [1.54, 1.807) is 0 Å². The SMILES string of the molecule is O=C(O)C1CCCCCN1Cc1nnnn1C1CC1. The van der Waals surface area contributed by atoms with Crippen molar-refractivity contribution in [2.45, 2.75) is 57.2 Å². The molecule has 1 N–H and O–H groups in total. The summed E-state index contributed by atoms with van der Waals surface area (Å²) in [7, 11) is 0. The molecule has 0 radical (unpaired) electrons. The number of aliphatic carboxylic acids is 1. The van der Waals surface area contributed by atoms with Gasteiger partial charge < -0.3 is 5.11 Å². The van der Waals surface area contributed by atoms with Crippen LogP contribution in [0.15, 0.2) is 0 Å². The van der Waals surface area contributed by atoms with Crippen LogP contribution in [0.4, 0.5) is 0 Å². The maximum Gasteiger partial charge on any atom is 0.320 e. The number of tetrazole rings is 1. The molecule has 7 heteroatoms. The highest BCUT2D eigenvalue weighted by atomic mass is 16.4. The highest BCUT2D eigenvalue weighted by Crippen LogP contribution is 2.34. The Bertz CT molecular complexity index is 457. The third-order valence-electron chi connectivity index (χ3n) is 3.95. The third-order valence-corrected chi connectivity index (χ3v) is 3.95. The molecule has 1 aromatic heterocycles. The van der Waals surface area contributed by atoms with Crippen molar-refractivity contribution in [3.8, 4) is 0 Å². The van der Waals surface area contributed by atoms with Crippen molar-refractivity contribution in [1.29, 1.82) is 0 Å². The van der Waals surface area contributed by atoms with E-state index in [2.05, 4.69) is 15.5 Å². The number of carboxylic acid groups (broad SMARTS) is 1. The van der Waals surface area contributed by atoms with Crippen LogP contribution in [-0.2, 0) is 11.3 Å². The van der Waals surface area contributed by atoms with E-state index in [9.17, 15) is 9.90 Å². The normalized spacial score (nSPS) is 25.2. The van der Waals surface area contributed by atoms with Crippen LogP contribution >= 0.6 is 0 Å². The largest absolute Gasteiger partial charge is 0.480 e. The van der Waals surface area contributed by atoms with Gasteiger partial charge >= 0.3 is 5.97 Å². The van der Waals surface area contributed by atoms with Crippen LogP contribution < -0.4 is 0 Å². The molecule has 19 heavy (non-hydrogen) atoms. The molecule has 1 saturated carbocycles. The molecule has 7 nitrogen and oxygen atoms in total. The molecule has 1 aromatic rings. The van der Waals surface area contributed by atoms with Gasteiger partial charge in [0.15, 0.2) is 5.82 Å². The Balaban J connectivity index is 1.74. The maximum atomic E-state index is 11.4. The summed E-state index contributed by atoms with van der Waals surface area (Å²) in [6.07, 6.45) is 6.12. The van der Waals surface area contributed by atoms with Crippen LogP contribution in [-0.4, -0.2) is 48.8 Å². The summed E-state index contributed by atoms with van der Waals surface area (Å²) in [5.41, 5.74) is 0. The second kappa shape index (κ2) is 5.24. The van der Waals surface area contributed by atoms with Gasteiger partial charge in [-0.2, -0.15) is 0 Å². The summed E-state index contributed by atoms with van der Waals surface area (Å²) in [4.78, 5) is 13.4. The second-order valence-electron chi connectivity index (χ2n) is 5.44.